The summed E-state index contributed by atoms with van der Waals surface area (Å²) in [6.45, 7) is 3.77. The SMILES string of the molecule is CC1=CS/C(=C/C=C(C)/C=C2/SC(=S)N(CC(=O)[O-])C2=O)N1CCCCS(=O)(=O)[O-]. The molecule has 0 aromatic heterocycles. The van der Waals surface area contributed by atoms with E-state index in [1.807, 2.05) is 36.3 Å². The number of hydrogen-bond acceptors (Lipinski definition) is 10. The predicted octanol–water partition coefficient (Wildman–Crippen LogP) is 1.50. The quantitative estimate of drug-likeness (QED) is 0.204. The summed E-state index contributed by atoms with van der Waals surface area (Å²) in [5.41, 5.74) is 1.80. The number of carboxylic acid groups (broad SMARTS) is 1. The lowest BCUT2D eigenvalue weighted by molar-refractivity contribution is -0.305. The minimum absolute atomic E-state index is 0.180. The average Bonchev–Trinajstić information content (AvgIpc) is 3.10. The molecule has 0 radical (unpaired) electrons. The summed E-state index contributed by atoms with van der Waals surface area (Å²) >= 11 is 7.61. The minimum atomic E-state index is -4.20. The van der Waals surface area contributed by atoms with Crippen molar-refractivity contribution in [2.75, 3.05) is 18.8 Å². The zero-order valence-corrected chi connectivity index (χ0v) is 19.6. The van der Waals surface area contributed by atoms with Gasteiger partial charge in [0.15, 0.2) is 0 Å². The standard InChI is InChI=1S/C18H22N2O6S4/c1-12(9-14-17(23)20(10-16(21)22)18(27)29-14)5-6-15-19(13(2)11-28-15)7-3-4-8-30(24,25)26/h5-6,9,11H,3-4,7-8,10H2,1-2H3,(H,21,22)(H,24,25,26)/p-2/b12-5+,14-9+,15-6+. The van der Waals surface area contributed by atoms with Crippen molar-refractivity contribution in [3.05, 3.63) is 44.8 Å². The van der Waals surface area contributed by atoms with Crippen molar-refractivity contribution in [2.24, 2.45) is 0 Å². The topological polar surface area (TPSA) is 121 Å². The van der Waals surface area contributed by atoms with Crippen molar-refractivity contribution in [3.8, 4) is 0 Å². The number of allylic oxidation sites excluding steroid dienone is 5. The number of aliphatic carboxylic acids is 1. The first-order valence-electron chi connectivity index (χ1n) is 8.86. The number of thioether (sulfide) groups is 2. The molecule has 2 heterocycles. The van der Waals surface area contributed by atoms with Crippen molar-refractivity contribution in [1.29, 1.82) is 0 Å². The van der Waals surface area contributed by atoms with Gasteiger partial charge in [-0.1, -0.05) is 41.8 Å². The van der Waals surface area contributed by atoms with E-state index in [9.17, 15) is 27.7 Å². The number of rotatable bonds is 9. The van der Waals surface area contributed by atoms with Gasteiger partial charge in [-0.15, -0.1) is 0 Å². The van der Waals surface area contributed by atoms with Gasteiger partial charge < -0.3 is 19.4 Å². The van der Waals surface area contributed by atoms with E-state index in [1.54, 1.807) is 6.08 Å². The molecular weight excluding hydrogens is 468 g/mol. The van der Waals surface area contributed by atoms with Crippen LogP contribution in [-0.2, 0) is 19.7 Å². The zero-order chi connectivity index (χ0) is 22.5. The van der Waals surface area contributed by atoms with E-state index in [2.05, 4.69) is 0 Å². The van der Waals surface area contributed by atoms with E-state index in [1.165, 1.54) is 11.8 Å². The highest BCUT2D eigenvalue weighted by Gasteiger charge is 2.31. The Morgan fingerprint density at radius 2 is 2.00 bits per heavy atom. The Kier molecular flexibility index (Phi) is 8.73. The van der Waals surface area contributed by atoms with E-state index in [4.69, 9.17) is 12.2 Å². The van der Waals surface area contributed by atoms with Crippen LogP contribution in [0.15, 0.2) is 44.8 Å². The fourth-order valence-corrected chi connectivity index (χ4v) is 5.42. The van der Waals surface area contributed by atoms with Crippen molar-refractivity contribution in [3.63, 3.8) is 0 Å². The first-order chi connectivity index (χ1) is 14.0. The second kappa shape index (κ2) is 10.6. The minimum Gasteiger partial charge on any atom is -0.748 e. The molecule has 12 heteroatoms. The van der Waals surface area contributed by atoms with Crippen LogP contribution >= 0.6 is 35.7 Å². The molecular formula is C18H20N2O6S4-2. The Balaban J connectivity index is 2.03. The molecule has 1 saturated heterocycles. The molecule has 2 aliphatic heterocycles. The van der Waals surface area contributed by atoms with Crippen molar-refractivity contribution >= 4 is 62.1 Å². The molecule has 0 N–H and O–H groups in total. The molecule has 30 heavy (non-hydrogen) atoms. The first-order valence-corrected chi connectivity index (χ1v) is 12.5. The number of nitrogens with zero attached hydrogens (tertiary/aromatic N) is 2. The molecule has 1 fully saturated rings. The molecule has 2 rings (SSSR count). The Labute approximate surface area is 189 Å². The van der Waals surface area contributed by atoms with Crippen molar-refractivity contribution in [2.45, 2.75) is 26.7 Å². The summed E-state index contributed by atoms with van der Waals surface area (Å²) in [4.78, 5) is 26.4. The second-order valence-corrected chi connectivity index (χ2v) is 10.6. The van der Waals surface area contributed by atoms with Crippen LogP contribution in [-0.4, -0.2) is 57.8 Å². The molecule has 0 aromatic carbocycles. The summed E-state index contributed by atoms with van der Waals surface area (Å²) < 4.78 is 32.3. The van der Waals surface area contributed by atoms with Gasteiger partial charge in [0.05, 0.1) is 32.6 Å². The number of carbonyl (C=O) groups excluding carboxylic acids is 2. The van der Waals surface area contributed by atoms with E-state index in [0.29, 0.717) is 24.3 Å². The van der Waals surface area contributed by atoms with Crippen molar-refractivity contribution in [1.82, 2.24) is 9.80 Å². The van der Waals surface area contributed by atoms with Gasteiger partial charge >= 0.3 is 0 Å². The number of carbonyl (C=O) groups is 2. The fourth-order valence-electron chi connectivity index (χ4n) is 2.63. The zero-order valence-electron chi connectivity index (χ0n) is 16.3. The van der Waals surface area contributed by atoms with Crippen LogP contribution in [0.5, 0.6) is 0 Å². The molecule has 0 unspecified atom stereocenters. The lowest BCUT2D eigenvalue weighted by Crippen LogP contribution is -2.40. The summed E-state index contributed by atoms with van der Waals surface area (Å²) in [5, 5.41) is 13.7. The van der Waals surface area contributed by atoms with Crippen LogP contribution in [0.1, 0.15) is 26.7 Å². The van der Waals surface area contributed by atoms with Gasteiger partial charge in [-0.05, 0) is 49.8 Å². The number of carboxylic acids is 1. The van der Waals surface area contributed by atoms with Gasteiger partial charge in [0, 0.05) is 18.0 Å². The van der Waals surface area contributed by atoms with Crippen LogP contribution in [0.4, 0.5) is 0 Å². The van der Waals surface area contributed by atoms with Crippen molar-refractivity contribution < 1.29 is 27.7 Å². The first kappa shape index (κ1) is 24.7. The molecule has 0 atom stereocenters. The third kappa shape index (κ3) is 7.27. The Morgan fingerprint density at radius 3 is 2.63 bits per heavy atom. The van der Waals surface area contributed by atoms with Crippen LogP contribution in [0.2, 0.25) is 0 Å². The van der Waals surface area contributed by atoms with E-state index < -0.39 is 28.5 Å². The lowest BCUT2D eigenvalue weighted by atomic mass is 10.2. The average molecular weight is 489 g/mol. The molecule has 0 bridgehead atoms. The molecule has 0 spiro atoms. The summed E-state index contributed by atoms with van der Waals surface area (Å²) in [5.74, 6) is -2.21. The molecule has 164 valence electrons. The van der Waals surface area contributed by atoms with E-state index in [-0.39, 0.29) is 10.1 Å². The molecule has 0 aromatic rings. The Bertz CT molecular complexity index is 965. The predicted molar refractivity (Wildman–Crippen MR) is 119 cm³/mol. The molecule has 1 amide bonds. The van der Waals surface area contributed by atoms with Gasteiger partial charge in [0.1, 0.15) is 4.32 Å². The second-order valence-electron chi connectivity index (χ2n) is 6.55. The summed E-state index contributed by atoms with van der Waals surface area (Å²) in [6, 6.07) is 0. The highest BCUT2D eigenvalue weighted by atomic mass is 32.2. The fraction of sp³-hybridized carbons (Fsp3) is 0.389. The number of amides is 1. The Morgan fingerprint density at radius 1 is 1.30 bits per heavy atom. The van der Waals surface area contributed by atoms with Gasteiger partial charge in [0.25, 0.3) is 5.91 Å². The maximum absolute atomic E-state index is 12.3. The number of unbranched alkanes of at least 4 members (excludes halogenated alkanes) is 1. The number of hydrogen-bond donors (Lipinski definition) is 0. The summed E-state index contributed by atoms with van der Waals surface area (Å²) in [7, 11) is -4.20. The van der Waals surface area contributed by atoms with E-state index >= 15 is 0 Å². The maximum Gasteiger partial charge on any atom is 0.266 e. The van der Waals surface area contributed by atoms with Gasteiger partial charge in [-0.2, -0.15) is 0 Å². The normalized spacial score (nSPS) is 20.6. The third-order valence-corrected chi connectivity index (χ3v) is 7.30. The van der Waals surface area contributed by atoms with Crippen LogP contribution in [0, 0.1) is 0 Å². The van der Waals surface area contributed by atoms with Gasteiger partial charge in [0.2, 0.25) is 0 Å². The molecule has 8 nitrogen and oxygen atoms in total. The largest absolute Gasteiger partial charge is 0.748 e. The monoisotopic (exact) mass is 488 g/mol. The van der Waals surface area contributed by atoms with Crippen LogP contribution in [0.25, 0.3) is 0 Å². The highest BCUT2D eigenvalue weighted by molar-refractivity contribution is 8.26. The smallest absolute Gasteiger partial charge is 0.266 e. The third-order valence-electron chi connectivity index (χ3n) is 4.08. The highest BCUT2D eigenvalue weighted by Crippen LogP contribution is 2.35. The maximum atomic E-state index is 12.3. The molecule has 2 aliphatic rings. The van der Waals surface area contributed by atoms with E-state index in [0.717, 1.165) is 33.0 Å². The van der Waals surface area contributed by atoms with Gasteiger partial charge in [-0.25, -0.2) is 8.42 Å². The Hall–Kier alpha value is -1.60. The van der Waals surface area contributed by atoms with Crippen LogP contribution < -0.4 is 5.11 Å². The lowest BCUT2D eigenvalue weighted by Gasteiger charge is -2.21. The molecule has 0 saturated carbocycles. The number of thiocarbonyl (C=S) groups is 1. The van der Waals surface area contributed by atoms with Gasteiger partial charge in [-0.3, -0.25) is 9.69 Å². The summed E-state index contributed by atoms with van der Waals surface area (Å²) in [6.07, 6.45) is 6.23. The molecule has 0 aliphatic carbocycles. The van der Waals surface area contributed by atoms with Crippen LogP contribution in [0.3, 0.4) is 0 Å².